The van der Waals surface area contributed by atoms with Crippen molar-refractivity contribution in [2.24, 2.45) is 0 Å². The average molecular weight is 725 g/mol. The van der Waals surface area contributed by atoms with Crippen LogP contribution in [0, 0.1) is 11.6 Å². The van der Waals surface area contributed by atoms with E-state index in [1.807, 2.05) is 0 Å². The maximum Gasteiger partial charge on any atom is 0.416 e. The Morgan fingerprint density at radius 2 is 0.843 bits per heavy atom. The molecule has 0 fully saturated rings. The monoisotopic (exact) mass is 724 g/mol. The van der Waals surface area contributed by atoms with Crippen molar-refractivity contribution < 1.29 is 43.5 Å². The summed E-state index contributed by atoms with van der Waals surface area (Å²) in [4.78, 5) is 8.55. The van der Waals surface area contributed by atoms with Gasteiger partial charge in [0, 0.05) is 45.8 Å². The Kier molecular flexibility index (Phi) is 9.51. The number of benzene rings is 4. The molecule has 0 saturated heterocycles. The maximum absolute atomic E-state index is 15.3. The number of nitrogens with zero attached hydrogens (tertiary/aromatic N) is 2. The highest BCUT2D eigenvalue weighted by atomic mass is 32.2. The highest BCUT2D eigenvalue weighted by molar-refractivity contribution is 7.89. The summed E-state index contributed by atoms with van der Waals surface area (Å²) in [6.45, 7) is 0. The zero-order valence-corrected chi connectivity index (χ0v) is 26.9. The molecule has 51 heavy (non-hydrogen) atoms. The second kappa shape index (κ2) is 13.7. The summed E-state index contributed by atoms with van der Waals surface area (Å²) >= 11 is 0. The van der Waals surface area contributed by atoms with Gasteiger partial charge in [-0.05, 0) is 59.7 Å². The molecular formula is C38H24F8N2O2S. The predicted molar refractivity (Wildman–Crippen MR) is 176 cm³/mol. The van der Waals surface area contributed by atoms with Gasteiger partial charge in [0.1, 0.15) is 11.6 Å². The molecule has 6 aromatic rings. The van der Waals surface area contributed by atoms with Crippen molar-refractivity contribution in [3.63, 3.8) is 0 Å². The number of rotatable bonds is 8. The third-order valence-electron chi connectivity index (χ3n) is 8.07. The number of hydrogen-bond acceptors (Lipinski definition) is 4. The van der Waals surface area contributed by atoms with Gasteiger partial charge in [0.25, 0.3) is 0 Å². The topological polar surface area (TPSA) is 59.9 Å². The van der Waals surface area contributed by atoms with Gasteiger partial charge in [-0.25, -0.2) is 17.2 Å². The van der Waals surface area contributed by atoms with Crippen LogP contribution in [0.2, 0.25) is 0 Å². The molecule has 0 spiro atoms. The summed E-state index contributed by atoms with van der Waals surface area (Å²) in [5, 5.41) is 0. The quantitative estimate of drug-likeness (QED) is 0.147. The minimum absolute atomic E-state index is 0.183. The second-order valence-corrected chi connectivity index (χ2v) is 13.7. The molecule has 0 aliphatic heterocycles. The molecule has 0 bridgehead atoms. The highest BCUT2D eigenvalue weighted by Gasteiger charge is 2.31. The van der Waals surface area contributed by atoms with Crippen LogP contribution in [-0.2, 0) is 33.7 Å². The van der Waals surface area contributed by atoms with Gasteiger partial charge < -0.3 is 0 Å². The largest absolute Gasteiger partial charge is 0.416 e. The lowest BCUT2D eigenvalue weighted by Crippen LogP contribution is -2.10. The maximum atomic E-state index is 15.3. The Bertz CT molecular complexity index is 2160. The van der Waals surface area contributed by atoms with Gasteiger partial charge in [-0.2, -0.15) is 26.3 Å². The lowest BCUT2D eigenvalue weighted by Gasteiger charge is -2.13. The number of aromatic nitrogens is 2. The van der Waals surface area contributed by atoms with Crippen molar-refractivity contribution in [3.8, 4) is 44.8 Å². The third-order valence-corrected chi connectivity index (χ3v) is 9.57. The Hall–Kier alpha value is -5.43. The van der Waals surface area contributed by atoms with Crippen LogP contribution in [0.25, 0.3) is 44.8 Å². The molecule has 0 atom stereocenters. The fourth-order valence-corrected chi connectivity index (χ4v) is 7.08. The van der Waals surface area contributed by atoms with Crippen LogP contribution in [0.1, 0.15) is 22.3 Å². The van der Waals surface area contributed by atoms with Crippen molar-refractivity contribution in [1.82, 2.24) is 9.97 Å². The minimum atomic E-state index is -4.52. The Labute approximate surface area is 287 Å². The van der Waals surface area contributed by atoms with Gasteiger partial charge in [-0.15, -0.1) is 0 Å². The fraction of sp³-hybridized carbons (Fsp3) is 0.105. The van der Waals surface area contributed by atoms with Crippen LogP contribution in [0.15, 0.2) is 122 Å². The van der Waals surface area contributed by atoms with Crippen molar-refractivity contribution in [3.05, 3.63) is 155 Å². The summed E-state index contributed by atoms with van der Waals surface area (Å²) in [6.07, 6.45) is -6.17. The number of sulfone groups is 1. The van der Waals surface area contributed by atoms with Crippen molar-refractivity contribution >= 4 is 9.84 Å². The molecule has 0 unspecified atom stereocenters. The molecular weight excluding hydrogens is 700 g/mol. The van der Waals surface area contributed by atoms with E-state index < -0.39 is 56.5 Å². The van der Waals surface area contributed by atoms with Gasteiger partial charge in [0.15, 0.2) is 9.84 Å². The Morgan fingerprint density at radius 1 is 0.490 bits per heavy atom. The van der Waals surface area contributed by atoms with E-state index in [9.17, 15) is 34.8 Å². The molecule has 0 N–H and O–H groups in total. The van der Waals surface area contributed by atoms with Crippen LogP contribution in [-0.4, -0.2) is 18.4 Å². The Morgan fingerprint density at radius 3 is 1.18 bits per heavy atom. The molecule has 260 valence electrons. The number of halogens is 8. The molecule has 2 aromatic heterocycles. The SMILES string of the molecule is O=S(=O)(Cc1ccc(-c2ncccc2-c2ccc(C(F)(F)F)cc2)cc1F)Cc1ccc(-c2ncccc2-c2ccc(C(F)(F)F)cc2)cc1F. The molecule has 0 radical (unpaired) electrons. The van der Waals surface area contributed by atoms with E-state index in [2.05, 4.69) is 9.97 Å². The molecule has 2 heterocycles. The summed E-state index contributed by atoms with van der Waals surface area (Å²) < 4.78 is 135. The summed E-state index contributed by atoms with van der Waals surface area (Å²) in [5.74, 6) is -3.26. The van der Waals surface area contributed by atoms with E-state index in [4.69, 9.17) is 0 Å². The van der Waals surface area contributed by atoms with E-state index in [1.165, 1.54) is 60.9 Å². The van der Waals surface area contributed by atoms with Crippen LogP contribution >= 0.6 is 0 Å². The molecule has 4 nitrogen and oxygen atoms in total. The molecule has 13 heteroatoms. The van der Waals surface area contributed by atoms with Crippen molar-refractivity contribution in [1.29, 1.82) is 0 Å². The first-order valence-corrected chi connectivity index (χ1v) is 16.9. The van der Waals surface area contributed by atoms with Crippen molar-refractivity contribution in [2.45, 2.75) is 23.9 Å². The molecule has 0 saturated carbocycles. The lowest BCUT2D eigenvalue weighted by atomic mass is 9.98. The van der Waals surface area contributed by atoms with Gasteiger partial charge >= 0.3 is 12.4 Å². The fourth-order valence-electron chi connectivity index (χ4n) is 5.56. The zero-order chi connectivity index (χ0) is 36.6. The van der Waals surface area contributed by atoms with Crippen LogP contribution in [0.5, 0.6) is 0 Å². The molecule has 4 aromatic carbocycles. The summed E-state index contributed by atoms with van der Waals surface area (Å²) in [7, 11) is -4.12. The van der Waals surface area contributed by atoms with E-state index >= 15 is 8.78 Å². The second-order valence-electron chi connectivity index (χ2n) is 11.6. The smallest absolute Gasteiger partial charge is 0.256 e. The first kappa shape index (κ1) is 35.4. The van der Waals surface area contributed by atoms with E-state index in [0.29, 0.717) is 22.3 Å². The number of pyridine rings is 2. The predicted octanol–water partition coefficient (Wildman–Crippen LogP) is 10.6. The highest BCUT2D eigenvalue weighted by Crippen LogP contribution is 2.36. The molecule has 0 amide bonds. The van der Waals surface area contributed by atoms with Crippen molar-refractivity contribution in [2.75, 3.05) is 0 Å². The van der Waals surface area contributed by atoms with Crippen LogP contribution in [0.3, 0.4) is 0 Å². The van der Waals surface area contributed by atoms with Gasteiger partial charge in [-0.1, -0.05) is 60.7 Å². The average Bonchev–Trinajstić information content (AvgIpc) is 3.09. The van der Waals surface area contributed by atoms with Gasteiger partial charge in [0.05, 0.1) is 34.0 Å². The minimum Gasteiger partial charge on any atom is -0.256 e. The molecule has 0 aliphatic carbocycles. The number of alkyl halides is 6. The first-order chi connectivity index (χ1) is 24.1. The first-order valence-electron chi connectivity index (χ1n) is 15.1. The summed E-state index contributed by atoms with van der Waals surface area (Å²) in [5.41, 5.74) is 0.705. The summed E-state index contributed by atoms with van der Waals surface area (Å²) in [6, 6.07) is 22.8. The van der Waals surface area contributed by atoms with E-state index in [1.54, 1.807) is 24.3 Å². The normalized spacial score (nSPS) is 12.2. The zero-order valence-electron chi connectivity index (χ0n) is 26.1. The van der Waals surface area contributed by atoms with Crippen LogP contribution in [0.4, 0.5) is 35.1 Å². The Balaban J connectivity index is 1.20. The lowest BCUT2D eigenvalue weighted by molar-refractivity contribution is -0.138. The van der Waals surface area contributed by atoms with Crippen LogP contribution < -0.4 is 0 Å². The standard InChI is InChI=1S/C38H24F8N2O2S/c39-33-19-25(35-31(3-1-17-47-35)23-9-13-29(14-10-23)37(41,42)43)5-7-27(33)21-51(49,50)22-28-8-6-26(20-34(28)40)36-32(4-2-18-48-36)24-11-15-30(16-12-24)38(44,45)46/h1-20H,21-22H2. The third kappa shape index (κ3) is 7.99. The number of hydrogen-bond donors (Lipinski definition) is 0. The molecule has 6 rings (SSSR count). The molecule has 0 aliphatic rings. The van der Waals surface area contributed by atoms with Gasteiger partial charge in [-0.3, -0.25) is 9.97 Å². The van der Waals surface area contributed by atoms with E-state index in [-0.39, 0.29) is 33.6 Å². The van der Waals surface area contributed by atoms with E-state index in [0.717, 1.165) is 36.4 Å². The van der Waals surface area contributed by atoms with Gasteiger partial charge in [0.2, 0.25) is 0 Å².